The van der Waals surface area contributed by atoms with Crippen molar-refractivity contribution in [3.05, 3.63) is 0 Å². The van der Waals surface area contributed by atoms with Crippen molar-refractivity contribution in [2.45, 2.75) is 448 Å². The van der Waals surface area contributed by atoms with Gasteiger partial charge in [0.2, 0.25) is 0 Å². The van der Waals surface area contributed by atoms with Crippen LogP contribution in [0.1, 0.15) is 374 Å². The molecule has 0 aromatic rings. The molecule has 0 amide bonds. The molecule has 0 aromatic carbocycles. The predicted octanol–water partition coefficient (Wildman–Crippen LogP) is 18.1. The molecule has 2 aliphatic heterocycles. The lowest BCUT2D eigenvalue weighted by atomic mass is 9.91. The molecule has 15 heteroatoms. The van der Waals surface area contributed by atoms with Gasteiger partial charge in [-0.05, 0) is 25.7 Å². The Hall–Kier alpha value is -1.50. The van der Waals surface area contributed by atoms with E-state index in [-0.39, 0.29) is 12.2 Å². The molecule has 0 aliphatic carbocycles. The summed E-state index contributed by atoms with van der Waals surface area (Å²) in [7, 11) is 3.29. The SMILES string of the molecule is CCCCCCCCCCCCCCC[C@@H](OC)[C@@H](CCCCCCCCCCCCCC)C(=O)OC[C@H]1O[C@H](O[C@H]2O[C@H](COC(=O)[C@H](CCCCCCCCCCCCCC)[C@@H](CCCCCCCCCCCCCCC)OC)[C@@H](O)[C@H](O)[C@H]2O)[C@H](O)[C@@H](O)[C@@H]1O. The highest BCUT2D eigenvalue weighted by Crippen LogP contribution is 2.32. The normalized spacial score (nSPS) is 23.1. The number of methoxy groups -OCH3 is 2. The molecule has 0 radical (unpaired) electrons. The van der Waals surface area contributed by atoms with Crippen LogP contribution in [0.2, 0.25) is 0 Å². The van der Waals surface area contributed by atoms with Gasteiger partial charge in [-0.3, -0.25) is 9.59 Å². The molecule has 0 aromatic heterocycles. The van der Waals surface area contributed by atoms with Gasteiger partial charge in [0.05, 0.1) is 24.0 Å². The summed E-state index contributed by atoms with van der Waals surface area (Å²) in [5.41, 5.74) is 0. The molecule has 0 unspecified atom stereocenters. The van der Waals surface area contributed by atoms with E-state index in [2.05, 4.69) is 27.7 Å². The van der Waals surface area contributed by atoms with Crippen LogP contribution in [0.3, 0.4) is 0 Å². The van der Waals surface area contributed by atoms with Crippen molar-refractivity contribution in [2.75, 3.05) is 27.4 Å². The van der Waals surface area contributed by atoms with Gasteiger partial charge in [-0.2, -0.15) is 0 Å². The summed E-state index contributed by atoms with van der Waals surface area (Å²) in [6, 6.07) is 0. The fraction of sp³-hybridized carbons (Fsp3) is 0.974. The van der Waals surface area contributed by atoms with Crippen molar-refractivity contribution in [3.8, 4) is 0 Å². The second-order valence-electron chi connectivity index (χ2n) is 28.6. The first kappa shape index (κ1) is 87.6. The zero-order valence-corrected chi connectivity index (χ0v) is 61.0. The van der Waals surface area contributed by atoms with Crippen LogP contribution in [0, 0.1) is 11.8 Å². The van der Waals surface area contributed by atoms with Gasteiger partial charge in [-0.1, -0.05) is 349 Å². The Kier molecular flexibility index (Phi) is 56.9. The van der Waals surface area contributed by atoms with Gasteiger partial charge in [0, 0.05) is 14.2 Å². The molecule has 0 bridgehead atoms. The Morgan fingerprint density at radius 2 is 0.495 bits per heavy atom. The van der Waals surface area contributed by atoms with Crippen LogP contribution in [0.15, 0.2) is 0 Å². The number of carbonyl (C=O) groups excluding carboxylic acids is 2. The standard InChI is InChI=1S/C78H150O15/c1-7-11-15-19-23-27-31-35-39-43-47-51-55-59-65(87-5)63(57-53-49-45-41-37-33-29-25-21-17-13-9-3)75(85)89-61-67-69(79)71(81)73(83)77(91-67)93-78-74(84)72(82)70(80)68(92-78)62-90-76(86)64(58-54-50-46-42-38-34-30-26-22-18-14-10-4)66(88-6)60-56-52-48-44-40-36-32-28-24-20-16-12-8-2/h63-74,77-84H,7-62H2,1-6H3/t63-,64-,65-,66-,67-,68-,69-,70-,71+,72+,73-,74-,77-,78-/m1/s1. The number of unbranched alkanes of at least 4 members (excludes halogenated alkanes) is 46. The first-order valence-electron chi connectivity index (χ1n) is 39.8. The van der Waals surface area contributed by atoms with E-state index in [0.717, 1.165) is 89.9 Å². The highest BCUT2D eigenvalue weighted by molar-refractivity contribution is 5.73. The summed E-state index contributed by atoms with van der Waals surface area (Å²) in [4.78, 5) is 28.4. The summed E-state index contributed by atoms with van der Waals surface area (Å²) in [5, 5.41) is 67.2. The molecule has 2 heterocycles. The largest absolute Gasteiger partial charge is 0.463 e. The first-order valence-corrected chi connectivity index (χ1v) is 39.8. The highest BCUT2D eigenvalue weighted by Gasteiger charge is 2.51. The van der Waals surface area contributed by atoms with Gasteiger partial charge in [-0.15, -0.1) is 0 Å². The van der Waals surface area contributed by atoms with Crippen LogP contribution in [0.25, 0.3) is 0 Å². The number of hydrogen-bond donors (Lipinski definition) is 6. The van der Waals surface area contributed by atoms with Crippen LogP contribution in [-0.2, 0) is 42.7 Å². The topological polar surface area (TPSA) is 220 Å². The Balaban J connectivity index is 2.08. The fourth-order valence-corrected chi connectivity index (χ4v) is 14.0. The van der Waals surface area contributed by atoms with E-state index in [1.165, 1.54) is 231 Å². The predicted molar refractivity (Wildman–Crippen MR) is 377 cm³/mol. The van der Waals surface area contributed by atoms with E-state index >= 15 is 0 Å². The Morgan fingerprint density at radius 1 is 0.290 bits per heavy atom. The Labute approximate surface area is 570 Å². The number of esters is 2. The molecule has 0 spiro atoms. The van der Waals surface area contributed by atoms with Crippen LogP contribution in [0.5, 0.6) is 0 Å². The third-order valence-corrected chi connectivity index (χ3v) is 20.4. The van der Waals surface area contributed by atoms with Gasteiger partial charge in [-0.25, -0.2) is 0 Å². The van der Waals surface area contributed by atoms with E-state index in [0.29, 0.717) is 25.7 Å². The fourth-order valence-electron chi connectivity index (χ4n) is 14.0. The van der Waals surface area contributed by atoms with Crippen molar-refractivity contribution in [1.82, 2.24) is 0 Å². The summed E-state index contributed by atoms with van der Waals surface area (Å²) in [6.45, 7) is 8.04. The van der Waals surface area contributed by atoms with E-state index in [1.807, 2.05) is 0 Å². The average molecular weight is 1330 g/mol. The number of aliphatic hydroxyl groups is 6. The molecule has 552 valence electrons. The lowest BCUT2D eigenvalue weighted by Gasteiger charge is -2.44. The van der Waals surface area contributed by atoms with Crippen molar-refractivity contribution >= 4 is 11.9 Å². The molecular weight excluding hydrogens is 1180 g/mol. The lowest BCUT2D eigenvalue weighted by molar-refractivity contribution is -0.376. The zero-order chi connectivity index (χ0) is 67.8. The average Bonchev–Trinajstić information content (AvgIpc) is 1.07. The lowest BCUT2D eigenvalue weighted by Crippen LogP contribution is -2.64. The zero-order valence-electron chi connectivity index (χ0n) is 61.0. The van der Waals surface area contributed by atoms with Gasteiger partial charge < -0.3 is 63.8 Å². The maximum absolute atomic E-state index is 14.2. The van der Waals surface area contributed by atoms with Crippen LogP contribution >= 0.6 is 0 Å². The molecular formula is C78H150O15. The van der Waals surface area contributed by atoms with Gasteiger partial charge in [0.25, 0.3) is 0 Å². The minimum Gasteiger partial charge on any atom is -0.463 e. The number of hydrogen-bond acceptors (Lipinski definition) is 15. The number of carbonyl (C=O) groups is 2. The molecule has 0 saturated carbocycles. The van der Waals surface area contributed by atoms with Gasteiger partial charge in [0.15, 0.2) is 12.6 Å². The van der Waals surface area contributed by atoms with Crippen LogP contribution in [0.4, 0.5) is 0 Å². The highest BCUT2D eigenvalue weighted by atomic mass is 16.8. The van der Waals surface area contributed by atoms with Crippen molar-refractivity contribution in [3.63, 3.8) is 0 Å². The maximum Gasteiger partial charge on any atom is 0.311 e. The number of ether oxygens (including phenoxy) is 7. The third kappa shape index (κ3) is 41.6. The van der Waals surface area contributed by atoms with Crippen molar-refractivity contribution < 1.29 is 73.4 Å². The van der Waals surface area contributed by atoms with Crippen molar-refractivity contribution in [1.29, 1.82) is 0 Å². The van der Waals surface area contributed by atoms with E-state index < -0.39 is 98.4 Å². The van der Waals surface area contributed by atoms with Crippen molar-refractivity contribution in [2.24, 2.45) is 11.8 Å². The first-order chi connectivity index (χ1) is 45.4. The molecule has 6 N–H and O–H groups in total. The summed E-state index contributed by atoms with van der Waals surface area (Å²) in [5.74, 6) is -2.14. The minimum absolute atomic E-state index is 0.377. The Morgan fingerprint density at radius 3 is 0.710 bits per heavy atom. The van der Waals surface area contributed by atoms with Crippen LogP contribution in [-0.4, -0.2) is 144 Å². The second kappa shape index (κ2) is 60.5. The quantitative estimate of drug-likeness (QED) is 0.0246. The van der Waals surface area contributed by atoms with Gasteiger partial charge >= 0.3 is 11.9 Å². The molecule has 2 fully saturated rings. The smallest absolute Gasteiger partial charge is 0.311 e. The second-order valence-corrected chi connectivity index (χ2v) is 28.6. The molecule has 14 atom stereocenters. The monoisotopic (exact) mass is 1330 g/mol. The Bertz CT molecular complexity index is 1540. The molecule has 2 aliphatic rings. The molecule has 2 rings (SSSR count). The van der Waals surface area contributed by atoms with Gasteiger partial charge in [0.1, 0.15) is 62.0 Å². The number of rotatable bonds is 66. The molecule has 93 heavy (non-hydrogen) atoms. The molecule has 15 nitrogen and oxygen atoms in total. The van der Waals surface area contributed by atoms with Crippen LogP contribution < -0.4 is 0 Å². The van der Waals surface area contributed by atoms with E-state index in [4.69, 9.17) is 33.2 Å². The maximum atomic E-state index is 14.2. The number of aliphatic hydroxyl groups excluding tert-OH is 6. The minimum atomic E-state index is -1.86. The van der Waals surface area contributed by atoms with E-state index in [1.54, 1.807) is 14.2 Å². The summed E-state index contributed by atoms with van der Waals surface area (Å²) in [6.07, 6.45) is 45.8. The van der Waals surface area contributed by atoms with E-state index in [9.17, 15) is 40.2 Å². The summed E-state index contributed by atoms with van der Waals surface area (Å²) >= 11 is 0. The molecule has 2 saturated heterocycles. The summed E-state index contributed by atoms with van der Waals surface area (Å²) < 4.78 is 41.9. The third-order valence-electron chi connectivity index (χ3n) is 20.4.